The molecule has 0 aromatic heterocycles. The van der Waals surface area contributed by atoms with Crippen molar-refractivity contribution in [3.63, 3.8) is 0 Å². The van der Waals surface area contributed by atoms with E-state index < -0.39 is 28.5 Å². The van der Waals surface area contributed by atoms with Crippen molar-refractivity contribution in [3.8, 4) is 0 Å². The number of nitrogens with one attached hydrogen (secondary N) is 1. The number of nitrogens with zero attached hydrogens (tertiary/aromatic N) is 2. The molecule has 3 aromatic rings. The molecule has 2 amide bonds. The van der Waals surface area contributed by atoms with Crippen LogP contribution in [0.1, 0.15) is 43.4 Å². The molecule has 0 bridgehead atoms. The van der Waals surface area contributed by atoms with Crippen molar-refractivity contribution in [1.82, 2.24) is 10.2 Å². The summed E-state index contributed by atoms with van der Waals surface area (Å²) in [5, 5.41) is 3.34. The lowest BCUT2D eigenvalue weighted by Crippen LogP contribution is -2.51. The number of benzene rings is 3. The van der Waals surface area contributed by atoms with Crippen LogP contribution in [0, 0.1) is 13.8 Å². The molecule has 0 radical (unpaired) electrons. The van der Waals surface area contributed by atoms with E-state index in [1.165, 1.54) is 17.0 Å². The van der Waals surface area contributed by atoms with Crippen LogP contribution in [0.3, 0.4) is 0 Å². The number of amides is 2. The van der Waals surface area contributed by atoms with Crippen molar-refractivity contribution in [1.29, 1.82) is 0 Å². The third-order valence-electron chi connectivity index (χ3n) is 6.51. The fraction of sp³-hybridized carbons (Fsp3) is 0.333. The SMILES string of the molecule is CCCCNC(=O)[C@H](C)N(Cc1ccccc1)C(=O)CN(c1ccc(Cl)cc1C)S(=O)(=O)c1ccc(C)cc1. The molecule has 0 aliphatic carbocycles. The largest absolute Gasteiger partial charge is 0.354 e. The van der Waals surface area contributed by atoms with Crippen LogP contribution in [0.5, 0.6) is 0 Å². The molecule has 39 heavy (non-hydrogen) atoms. The van der Waals surface area contributed by atoms with Crippen LogP contribution in [0.25, 0.3) is 0 Å². The van der Waals surface area contributed by atoms with Crippen LogP contribution in [-0.4, -0.2) is 44.3 Å². The summed E-state index contributed by atoms with van der Waals surface area (Å²) in [5.74, 6) is -0.787. The highest BCUT2D eigenvalue weighted by molar-refractivity contribution is 7.92. The molecule has 0 aliphatic rings. The molecule has 1 N–H and O–H groups in total. The number of unbranched alkanes of at least 4 members (excludes halogenated alkanes) is 1. The van der Waals surface area contributed by atoms with Gasteiger partial charge in [-0.05, 0) is 68.7 Å². The van der Waals surface area contributed by atoms with E-state index in [1.54, 1.807) is 44.2 Å². The van der Waals surface area contributed by atoms with Crippen LogP contribution < -0.4 is 9.62 Å². The van der Waals surface area contributed by atoms with E-state index >= 15 is 0 Å². The minimum Gasteiger partial charge on any atom is -0.354 e. The van der Waals surface area contributed by atoms with Gasteiger partial charge in [0.15, 0.2) is 0 Å². The minimum absolute atomic E-state index is 0.0650. The van der Waals surface area contributed by atoms with Crippen LogP contribution in [0.2, 0.25) is 5.02 Å². The van der Waals surface area contributed by atoms with Gasteiger partial charge in [-0.2, -0.15) is 0 Å². The number of hydrogen-bond acceptors (Lipinski definition) is 4. The molecule has 0 spiro atoms. The summed E-state index contributed by atoms with van der Waals surface area (Å²) in [6.07, 6.45) is 1.75. The van der Waals surface area contributed by atoms with E-state index in [1.807, 2.05) is 44.2 Å². The van der Waals surface area contributed by atoms with Gasteiger partial charge in [0.25, 0.3) is 10.0 Å². The molecule has 0 heterocycles. The maximum Gasteiger partial charge on any atom is 0.264 e. The first-order valence-electron chi connectivity index (χ1n) is 13.0. The molecule has 1 atom stereocenters. The van der Waals surface area contributed by atoms with Gasteiger partial charge in [0, 0.05) is 18.1 Å². The van der Waals surface area contributed by atoms with Gasteiger partial charge in [-0.1, -0.05) is 73.0 Å². The van der Waals surface area contributed by atoms with Crippen molar-refractivity contribution in [2.24, 2.45) is 0 Å². The summed E-state index contributed by atoms with van der Waals surface area (Å²) >= 11 is 6.16. The molecule has 0 saturated heterocycles. The van der Waals surface area contributed by atoms with Gasteiger partial charge in [-0.25, -0.2) is 8.42 Å². The predicted octanol–water partition coefficient (Wildman–Crippen LogP) is 5.49. The van der Waals surface area contributed by atoms with E-state index in [9.17, 15) is 18.0 Å². The van der Waals surface area contributed by atoms with Crippen LogP contribution in [0.15, 0.2) is 77.7 Å². The number of carbonyl (C=O) groups excluding carboxylic acids is 2. The summed E-state index contributed by atoms with van der Waals surface area (Å²) in [4.78, 5) is 28.4. The number of sulfonamides is 1. The molecular weight excluding hydrogens is 534 g/mol. The lowest BCUT2D eigenvalue weighted by molar-refractivity contribution is -0.139. The quantitative estimate of drug-likeness (QED) is 0.292. The Bertz CT molecular complexity index is 1380. The Labute approximate surface area is 236 Å². The number of rotatable bonds is 12. The predicted molar refractivity (Wildman–Crippen MR) is 156 cm³/mol. The maximum absolute atomic E-state index is 13.9. The van der Waals surface area contributed by atoms with E-state index in [4.69, 9.17) is 11.6 Å². The lowest BCUT2D eigenvalue weighted by atomic mass is 10.1. The van der Waals surface area contributed by atoms with E-state index in [0.717, 1.165) is 28.3 Å². The Morgan fingerprint density at radius 1 is 0.974 bits per heavy atom. The number of anilines is 1. The molecule has 0 unspecified atom stereocenters. The van der Waals surface area contributed by atoms with E-state index in [0.29, 0.717) is 22.8 Å². The monoisotopic (exact) mass is 569 g/mol. The molecule has 0 aliphatic heterocycles. The third-order valence-corrected chi connectivity index (χ3v) is 8.52. The average Bonchev–Trinajstić information content (AvgIpc) is 2.91. The highest BCUT2D eigenvalue weighted by Crippen LogP contribution is 2.29. The zero-order valence-electron chi connectivity index (χ0n) is 22.9. The Hall–Kier alpha value is -3.36. The second-order valence-electron chi connectivity index (χ2n) is 9.58. The Morgan fingerprint density at radius 3 is 2.26 bits per heavy atom. The summed E-state index contributed by atoms with van der Waals surface area (Å²) < 4.78 is 28.9. The summed E-state index contributed by atoms with van der Waals surface area (Å²) in [7, 11) is -4.13. The van der Waals surface area contributed by atoms with E-state index in [2.05, 4.69) is 5.32 Å². The van der Waals surface area contributed by atoms with Crippen molar-refractivity contribution >= 4 is 39.1 Å². The van der Waals surface area contributed by atoms with Gasteiger partial charge in [-0.15, -0.1) is 0 Å². The maximum atomic E-state index is 13.9. The van der Waals surface area contributed by atoms with Gasteiger partial charge in [0.05, 0.1) is 10.6 Å². The highest BCUT2D eigenvalue weighted by Gasteiger charge is 2.33. The van der Waals surface area contributed by atoms with Crippen molar-refractivity contribution in [2.75, 3.05) is 17.4 Å². The second kappa shape index (κ2) is 13.6. The number of carbonyl (C=O) groups is 2. The molecule has 0 saturated carbocycles. The number of halogens is 1. The Balaban J connectivity index is 2.02. The first kappa shape index (κ1) is 30.2. The van der Waals surface area contributed by atoms with Crippen LogP contribution in [0.4, 0.5) is 5.69 Å². The average molecular weight is 570 g/mol. The molecule has 7 nitrogen and oxygen atoms in total. The van der Waals surface area contributed by atoms with Crippen molar-refractivity contribution < 1.29 is 18.0 Å². The lowest BCUT2D eigenvalue weighted by Gasteiger charge is -2.32. The van der Waals surface area contributed by atoms with Crippen LogP contribution in [-0.2, 0) is 26.2 Å². The highest BCUT2D eigenvalue weighted by atomic mass is 35.5. The molecule has 208 valence electrons. The zero-order valence-corrected chi connectivity index (χ0v) is 24.4. The summed E-state index contributed by atoms with van der Waals surface area (Å²) in [6, 6.07) is 19.8. The molecular formula is C30H36ClN3O4S. The summed E-state index contributed by atoms with van der Waals surface area (Å²) in [6.45, 7) is 7.48. The van der Waals surface area contributed by atoms with Crippen LogP contribution >= 0.6 is 11.6 Å². The fourth-order valence-corrected chi connectivity index (χ4v) is 5.85. The first-order chi connectivity index (χ1) is 18.5. The molecule has 0 fully saturated rings. The molecule has 3 aromatic carbocycles. The number of aryl methyl sites for hydroxylation is 2. The Morgan fingerprint density at radius 2 is 1.64 bits per heavy atom. The smallest absolute Gasteiger partial charge is 0.264 e. The van der Waals surface area contributed by atoms with E-state index in [-0.39, 0.29) is 17.3 Å². The van der Waals surface area contributed by atoms with Gasteiger partial charge in [0.2, 0.25) is 11.8 Å². The third kappa shape index (κ3) is 7.83. The van der Waals surface area contributed by atoms with Crippen molar-refractivity contribution in [2.45, 2.75) is 58.0 Å². The topological polar surface area (TPSA) is 86.8 Å². The number of hydrogen-bond donors (Lipinski definition) is 1. The fourth-order valence-electron chi connectivity index (χ4n) is 4.15. The standard InChI is InChI=1S/C30H36ClN3O4S/c1-5-6-18-32-30(36)24(4)33(20-25-10-8-7-9-11-25)29(35)21-34(28-17-14-26(31)19-23(28)3)39(37,38)27-15-12-22(2)13-16-27/h7-17,19,24H,5-6,18,20-21H2,1-4H3,(H,32,36)/t24-/m0/s1. The zero-order chi connectivity index (χ0) is 28.6. The van der Waals surface area contributed by atoms with Gasteiger partial charge >= 0.3 is 0 Å². The molecule has 9 heteroatoms. The van der Waals surface area contributed by atoms with Gasteiger partial charge < -0.3 is 10.2 Å². The van der Waals surface area contributed by atoms with Gasteiger partial charge in [0.1, 0.15) is 12.6 Å². The Kier molecular flexibility index (Phi) is 10.5. The molecule has 3 rings (SSSR count). The second-order valence-corrected chi connectivity index (χ2v) is 11.9. The summed E-state index contributed by atoms with van der Waals surface area (Å²) in [5.41, 5.74) is 2.69. The van der Waals surface area contributed by atoms with Gasteiger partial charge in [-0.3, -0.25) is 13.9 Å². The van der Waals surface area contributed by atoms with Crippen molar-refractivity contribution in [3.05, 3.63) is 94.5 Å². The first-order valence-corrected chi connectivity index (χ1v) is 14.8. The normalized spacial score (nSPS) is 12.0. The minimum atomic E-state index is -4.13.